The molecule has 0 aromatic heterocycles. The predicted molar refractivity (Wildman–Crippen MR) is 68.3 cm³/mol. The highest BCUT2D eigenvalue weighted by Crippen LogP contribution is 2.07. The van der Waals surface area contributed by atoms with Gasteiger partial charge in [0.1, 0.15) is 0 Å². The molecule has 4 heteroatoms. The van der Waals surface area contributed by atoms with Gasteiger partial charge in [-0.3, -0.25) is 9.69 Å². The average Bonchev–Trinajstić information content (AvgIpc) is 2.25. The molecule has 4 nitrogen and oxygen atoms in total. The van der Waals surface area contributed by atoms with Crippen molar-refractivity contribution in [3.8, 4) is 0 Å². The lowest BCUT2D eigenvalue weighted by atomic mass is 10.1. The van der Waals surface area contributed by atoms with Crippen LogP contribution in [0.5, 0.6) is 0 Å². The van der Waals surface area contributed by atoms with Crippen molar-refractivity contribution in [3.05, 3.63) is 0 Å². The number of nitrogens with two attached hydrogens (primary N) is 1. The number of amides is 1. The molecule has 0 bridgehead atoms. The molecule has 0 heterocycles. The summed E-state index contributed by atoms with van der Waals surface area (Å²) in [5, 5.41) is 0. The van der Waals surface area contributed by atoms with Gasteiger partial charge in [0.05, 0.1) is 0 Å². The standard InChI is InChI=1S/C12H27N3O/c1-5-7-15(8-6-2)11(10-13)9-12(16)14(3)4/h11H,5-10,13H2,1-4H3. The first-order valence-electron chi connectivity index (χ1n) is 6.21. The van der Waals surface area contributed by atoms with E-state index in [0.717, 1.165) is 25.9 Å². The highest BCUT2D eigenvalue weighted by atomic mass is 16.2. The fourth-order valence-electron chi connectivity index (χ4n) is 1.80. The lowest BCUT2D eigenvalue weighted by molar-refractivity contribution is -0.130. The Kier molecular flexibility index (Phi) is 8.21. The SMILES string of the molecule is CCCN(CCC)C(CN)CC(=O)N(C)C. The Morgan fingerprint density at radius 3 is 2.00 bits per heavy atom. The highest BCUT2D eigenvalue weighted by Gasteiger charge is 2.19. The van der Waals surface area contributed by atoms with E-state index in [-0.39, 0.29) is 11.9 Å². The fourth-order valence-corrected chi connectivity index (χ4v) is 1.80. The summed E-state index contributed by atoms with van der Waals surface area (Å²) in [4.78, 5) is 15.6. The van der Waals surface area contributed by atoms with Crippen LogP contribution in [0.2, 0.25) is 0 Å². The molecule has 1 unspecified atom stereocenters. The first-order valence-corrected chi connectivity index (χ1v) is 6.21. The molecule has 0 aromatic carbocycles. The van der Waals surface area contributed by atoms with E-state index < -0.39 is 0 Å². The topological polar surface area (TPSA) is 49.6 Å². The van der Waals surface area contributed by atoms with Crippen LogP contribution in [0.4, 0.5) is 0 Å². The van der Waals surface area contributed by atoms with E-state index in [2.05, 4.69) is 18.7 Å². The van der Waals surface area contributed by atoms with E-state index >= 15 is 0 Å². The van der Waals surface area contributed by atoms with Crippen LogP contribution < -0.4 is 5.73 Å². The molecule has 1 atom stereocenters. The molecule has 0 saturated carbocycles. The summed E-state index contributed by atoms with van der Waals surface area (Å²) < 4.78 is 0. The normalized spacial score (nSPS) is 12.9. The van der Waals surface area contributed by atoms with Crippen molar-refractivity contribution in [2.45, 2.75) is 39.2 Å². The van der Waals surface area contributed by atoms with Crippen molar-refractivity contribution in [1.82, 2.24) is 9.80 Å². The van der Waals surface area contributed by atoms with Crippen LogP contribution >= 0.6 is 0 Å². The lowest BCUT2D eigenvalue weighted by Crippen LogP contribution is -2.44. The molecule has 0 aromatic rings. The lowest BCUT2D eigenvalue weighted by Gasteiger charge is -2.30. The third-order valence-electron chi connectivity index (χ3n) is 2.72. The molecule has 0 saturated heterocycles. The van der Waals surface area contributed by atoms with Crippen LogP contribution in [0.15, 0.2) is 0 Å². The second kappa shape index (κ2) is 8.53. The van der Waals surface area contributed by atoms with E-state index in [1.807, 2.05) is 0 Å². The molecule has 2 N–H and O–H groups in total. The summed E-state index contributed by atoms with van der Waals surface area (Å²) in [6.45, 7) is 6.92. The molecule has 1 amide bonds. The van der Waals surface area contributed by atoms with E-state index in [1.165, 1.54) is 0 Å². The van der Waals surface area contributed by atoms with Gasteiger partial charge < -0.3 is 10.6 Å². The molecule has 0 rings (SSSR count). The third kappa shape index (κ3) is 5.47. The minimum absolute atomic E-state index is 0.160. The zero-order chi connectivity index (χ0) is 12.6. The van der Waals surface area contributed by atoms with E-state index in [9.17, 15) is 4.79 Å². The quantitative estimate of drug-likeness (QED) is 0.673. The van der Waals surface area contributed by atoms with Crippen molar-refractivity contribution < 1.29 is 4.79 Å². The Labute approximate surface area is 99.8 Å². The van der Waals surface area contributed by atoms with Crippen molar-refractivity contribution in [1.29, 1.82) is 0 Å². The molecule has 0 aliphatic rings. The summed E-state index contributed by atoms with van der Waals surface area (Å²) in [5.74, 6) is 0.160. The van der Waals surface area contributed by atoms with Gasteiger partial charge in [0.2, 0.25) is 5.91 Å². The Balaban J connectivity index is 4.35. The summed E-state index contributed by atoms with van der Waals surface area (Å²) in [6, 6.07) is 0.190. The zero-order valence-corrected chi connectivity index (χ0v) is 11.2. The summed E-state index contributed by atoms with van der Waals surface area (Å²) >= 11 is 0. The number of nitrogens with zero attached hydrogens (tertiary/aromatic N) is 2. The van der Waals surface area contributed by atoms with Gasteiger partial charge in [-0.25, -0.2) is 0 Å². The van der Waals surface area contributed by atoms with Crippen molar-refractivity contribution in [3.63, 3.8) is 0 Å². The summed E-state index contributed by atoms with van der Waals surface area (Å²) in [7, 11) is 3.58. The van der Waals surface area contributed by atoms with Crippen LogP contribution in [-0.2, 0) is 4.79 Å². The largest absolute Gasteiger partial charge is 0.349 e. The van der Waals surface area contributed by atoms with Crippen molar-refractivity contribution >= 4 is 5.91 Å². The minimum Gasteiger partial charge on any atom is -0.349 e. The maximum atomic E-state index is 11.7. The molecule has 0 aliphatic heterocycles. The monoisotopic (exact) mass is 229 g/mol. The average molecular weight is 229 g/mol. The summed E-state index contributed by atoms with van der Waals surface area (Å²) in [5.41, 5.74) is 5.77. The van der Waals surface area contributed by atoms with Crippen molar-refractivity contribution in [2.75, 3.05) is 33.7 Å². The molecule has 0 aliphatic carbocycles. The number of carbonyl (C=O) groups is 1. The molecule has 0 fully saturated rings. The van der Waals surface area contributed by atoms with Crippen LogP contribution in [-0.4, -0.2) is 55.5 Å². The predicted octanol–water partition coefficient (Wildman–Crippen LogP) is 0.914. The van der Waals surface area contributed by atoms with Gasteiger partial charge >= 0.3 is 0 Å². The third-order valence-corrected chi connectivity index (χ3v) is 2.72. The maximum Gasteiger partial charge on any atom is 0.223 e. The van der Waals surface area contributed by atoms with Crippen LogP contribution in [0, 0.1) is 0 Å². The number of hydrogen-bond donors (Lipinski definition) is 1. The molecule has 96 valence electrons. The minimum atomic E-state index is 0.160. The Hall–Kier alpha value is -0.610. The van der Waals surface area contributed by atoms with Crippen LogP contribution in [0.1, 0.15) is 33.1 Å². The second-order valence-electron chi connectivity index (χ2n) is 4.42. The first-order chi connectivity index (χ1) is 7.56. The summed E-state index contributed by atoms with van der Waals surface area (Å²) in [6.07, 6.45) is 2.74. The number of hydrogen-bond acceptors (Lipinski definition) is 3. The van der Waals surface area contributed by atoms with E-state index in [4.69, 9.17) is 5.73 Å². The fraction of sp³-hybridized carbons (Fsp3) is 0.917. The van der Waals surface area contributed by atoms with E-state index in [1.54, 1.807) is 19.0 Å². The first kappa shape index (κ1) is 15.4. The van der Waals surface area contributed by atoms with Crippen LogP contribution in [0.3, 0.4) is 0 Å². The van der Waals surface area contributed by atoms with Gasteiger partial charge in [-0.1, -0.05) is 13.8 Å². The molecule has 16 heavy (non-hydrogen) atoms. The van der Waals surface area contributed by atoms with Gasteiger partial charge in [0.25, 0.3) is 0 Å². The molecular weight excluding hydrogens is 202 g/mol. The Morgan fingerprint density at radius 1 is 1.19 bits per heavy atom. The molecule has 0 spiro atoms. The highest BCUT2D eigenvalue weighted by molar-refractivity contribution is 5.76. The van der Waals surface area contributed by atoms with Gasteiger partial charge in [-0.05, 0) is 25.9 Å². The molecule has 0 radical (unpaired) electrons. The smallest absolute Gasteiger partial charge is 0.223 e. The maximum absolute atomic E-state index is 11.7. The Morgan fingerprint density at radius 2 is 1.69 bits per heavy atom. The molecular formula is C12H27N3O. The van der Waals surface area contributed by atoms with Crippen LogP contribution in [0.25, 0.3) is 0 Å². The van der Waals surface area contributed by atoms with Gasteiger partial charge in [-0.15, -0.1) is 0 Å². The van der Waals surface area contributed by atoms with Crippen molar-refractivity contribution in [2.24, 2.45) is 5.73 Å². The second-order valence-corrected chi connectivity index (χ2v) is 4.42. The zero-order valence-electron chi connectivity index (χ0n) is 11.2. The number of carbonyl (C=O) groups excluding carboxylic acids is 1. The number of rotatable bonds is 8. The van der Waals surface area contributed by atoms with Gasteiger partial charge in [0.15, 0.2) is 0 Å². The van der Waals surface area contributed by atoms with Gasteiger partial charge in [-0.2, -0.15) is 0 Å². The Bertz CT molecular complexity index is 189. The van der Waals surface area contributed by atoms with E-state index in [0.29, 0.717) is 13.0 Å². The van der Waals surface area contributed by atoms with Gasteiger partial charge in [0, 0.05) is 33.1 Å².